The standard InChI is InChI=1S/C20H13BrO3/c21-14-8-5-13(6-9-14)20(23)16-11-18(22)24-17-10-7-12-3-1-2-4-15(12)19(16)17/h1-10,16H,11H2. The Morgan fingerprint density at radius 1 is 1.00 bits per heavy atom. The van der Waals surface area contributed by atoms with Crippen molar-refractivity contribution < 1.29 is 14.3 Å². The van der Waals surface area contributed by atoms with Gasteiger partial charge < -0.3 is 4.74 Å². The third-order valence-electron chi connectivity index (χ3n) is 4.32. The maximum absolute atomic E-state index is 13.0. The zero-order valence-electron chi connectivity index (χ0n) is 12.7. The van der Waals surface area contributed by atoms with Crippen molar-refractivity contribution in [1.29, 1.82) is 0 Å². The number of esters is 1. The molecule has 118 valence electrons. The number of carbonyl (C=O) groups is 2. The first kappa shape index (κ1) is 15.1. The fourth-order valence-corrected chi connectivity index (χ4v) is 3.46. The highest BCUT2D eigenvalue weighted by atomic mass is 79.9. The normalized spacial score (nSPS) is 16.5. The lowest BCUT2D eigenvalue weighted by Crippen LogP contribution is -2.25. The van der Waals surface area contributed by atoms with Crippen LogP contribution in [-0.4, -0.2) is 11.8 Å². The molecule has 1 aliphatic rings. The maximum Gasteiger partial charge on any atom is 0.312 e. The first-order valence-corrected chi connectivity index (χ1v) is 8.45. The van der Waals surface area contributed by atoms with Crippen LogP contribution in [0.5, 0.6) is 5.75 Å². The lowest BCUT2D eigenvalue weighted by Gasteiger charge is -2.25. The summed E-state index contributed by atoms with van der Waals surface area (Å²) in [6, 6.07) is 18.7. The largest absolute Gasteiger partial charge is 0.426 e. The van der Waals surface area contributed by atoms with Crippen molar-refractivity contribution in [3.8, 4) is 5.75 Å². The molecule has 0 saturated heterocycles. The van der Waals surface area contributed by atoms with Gasteiger partial charge >= 0.3 is 5.97 Å². The van der Waals surface area contributed by atoms with Crippen molar-refractivity contribution in [3.05, 3.63) is 76.3 Å². The van der Waals surface area contributed by atoms with Crippen molar-refractivity contribution in [2.75, 3.05) is 0 Å². The van der Waals surface area contributed by atoms with Crippen LogP contribution in [-0.2, 0) is 4.79 Å². The predicted octanol–water partition coefficient (Wildman–Crippen LogP) is 4.88. The zero-order valence-corrected chi connectivity index (χ0v) is 14.2. The molecule has 3 aromatic rings. The molecule has 0 aromatic heterocycles. The summed E-state index contributed by atoms with van der Waals surface area (Å²) in [5.74, 6) is -0.459. The van der Waals surface area contributed by atoms with E-state index in [-0.39, 0.29) is 18.2 Å². The number of benzene rings is 3. The lowest BCUT2D eigenvalue weighted by molar-refractivity contribution is -0.135. The molecule has 0 spiro atoms. The van der Waals surface area contributed by atoms with Crippen LogP contribution in [0.1, 0.15) is 28.3 Å². The Balaban J connectivity index is 1.88. The second kappa shape index (κ2) is 5.87. The van der Waals surface area contributed by atoms with E-state index in [0.717, 1.165) is 20.8 Å². The highest BCUT2D eigenvalue weighted by Crippen LogP contribution is 2.41. The maximum atomic E-state index is 13.0. The van der Waals surface area contributed by atoms with Gasteiger partial charge in [0.15, 0.2) is 5.78 Å². The molecule has 3 aromatic carbocycles. The third kappa shape index (κ3) is 2.53. The molecule has 1 heterocycles. The van der Waals surface area contributed by atoms with Crippen LogP contribution in [0.3, 0.4) is 0 Å². The van der Waals surface area contributed by atoms with Crippen LogP contribution < -0.4 is 4.74 Å². The number of ether oxygens (including phenoxy) is 1. The van der Waals surface area contributed by atoms with Crippen molar-refractivity contribution in [2.24, 2.45) is 0 Å². The summed E-state index contributed by atoms with van der Waals surface area (Å²) in [5, 5.41) is 1.99. The Bertz CT molecular complexity index is 960. The van der Waals surface area contributed by atoms with E-state index in [9.17, 15) is 9.59 Å². The smallest absolute Gasteiger partial charge is 0.312 e. The molecule has 0 N–H and O–H groups in total. The van der Waals surface area contributed by atoms with Crippen molar-refractivity contribution >= 4 is 38.5 Å². The molecule has 0 amide bonds. The molecule has 3 nitrogen and oxygen atoms in total. The van der Waals surface area contributed by atoms with Gasteiger partial charge in [-0.3, -0.25) is 9.59 Å². The van der Waals surface area contributed by atoms with Gasteiger partial charge in [0, 0.05) is 15.6 Å². The number of rotatable bonds is 2. The van der Waals surface area contributed by atoms with E-state index < -0.39 is 5.92 Å². The SMILES string of the molecule is O=C1CC(C(=O)c2ccc(Br)cc2)c2c(ccc3ccccc23)O1. The summed E-state index contributed by atoms with van der Waals surface area (Å²) in [4.78, 5) is 25.0. The van der Waals surface area contributed by atoms with Gasteiger partial charge in [-0.15, -0.1) is 0 Å². The minimum absolute atomic E-state index is 0.0586. The molecule has 1 unspecified atom stereocenters. The minimum Gasteiger partial charge on any atom is -0.426 e. The van der Waals surface area contributed by atoms with Crippen LogP contribution in [0.15, 0.2) is 65.1 Å². The number of Topliss-reactive ketones (excluding diaryl/α,β-unsaturated/α-hetero) is 1. The summed E-state index contributed by atoms with van der Waals surface area (Å²) in [7, 11) is 0. The van der Waals surface area contributed by atoms with Gasteiger partial charge in [-0.1, -0.05) is 58.4 Å². The van der Waals surface area contributed by atoms with Gasteiger partial charge in [-0.05, 0) is 29.0 Å². The molecule has 4 heteroatoms. The summed E-state index contributed by atoms with van der Waals surface area (Å²) in [5.41, 5.74) is 1.40. The Labute approximate surface area is 147 Å². The van der Waals surface area contributed by atoms with E-state index in [4.69, 9.17) is 4.74 Å². The molecular formula is C20H13BrO3. The third-order valence-corrected chi connectivity index (χ3v) is 4.85. The van der Waals surface area contributed by atoms with Crippen molar-refractivity contribution in [1.82, 2.24) is 0 Å². The molecule has 0 saturated carbocycles. The molecule has 1 atom stereocenters. The van der Waals surface area contributed by atoms with Crippen LogP contribution in [0, 0.1) is 0 Å². The van der Waals surface area contributed by atoms with Gasteiger partial charge in [-0.25, -0.2) is 0 Å². The highest BCUT2D eigenvalue weighted by molar-refractivity contribution is 9.10. The molecule has 0 radical (unpaired) electrons. The highest BCUT2D eigenvalue weighted by Gasteiger charge is 2.34. The Kier molecular flexibility index (Phi) is 3.69. The minimum atomic E-state index is -0.520. The van der Waals surface area contributed by atoms with Gasteiger partial charge in [0.2, 0.25) is 0 Å². The van der Waals surface area contributed by atoms with Gasteiger partial charge in [0.1, 0.15) is 5.75 Å². The first-order chi connectivity index (χ1) is 11.6. The molecule has 0 bridgehead atoms. The number of carbonyl (C=O) groups excluding carboxylic acids is 2. The fourth-order valence-electron chi connectivity index (χ4n) is 3.20. The van der Waals surface area contributed by atoms with Crippen LogP contribution in [0.2, 0.25) is 0 Å². The molecule has 1 aliphatic heterocycles. The van der Waals surface area contributed by atoms with Gasteiger partial charge in [-0.2, -0.15) is 0 Å². The van der Waals surface area contributed by atoms with E-state index in [0.29, 0.717) is 11.3 Å². The van der Waals surface area contributed by atoms with E-state index >= 15 is 0 Å². The van der Waals surface area contributed by atoms with E-state index in [2.05, 4.69) is 15.9 Å². The van der Waals surface area contributed by atoms with Gasteiger partial charge in [0.25, 0.3) is 0 Å². The second-order valence-electron chi connectivity index (χ2n) is 5.80. The molecule has 0 aliphatic carbocycles. The number of halogens is 1. The molecule has 0 fully saturated rings. The summed E-state index contributed by atoms with van der Waals surface area (Å²) in [6.07, 6.45) is 0.0654. The number of hydrogen-bond acceptors (Lipinski definition) is 3. The monoisotopic (exact) mass is 380 g/mol. The molecule has 4 rings (SSSR count). The number of hydrogen-bond donors (Lipinski definition) is 0. The van der Waals surface area contributed by atoms with Crippen LogP contribution in [0.25, 0.3) is 10.8 Å². The summed E-state index contributed by atoms with van der Waals surface area (Å²) < 4.78 is 6.29. The quantitative estimate of drug-likeness (QED) is 0.361. The Hall–Kier alpha value is -2.46. The van der Waals surface area contributed by atoms with Crippen molar-refractivity contribution in [2.45, 2.75) is 12.3 Å². The first-order valence-electron chi connectivity index (χ1n) is 7.65. The van der Waals surface area contributed by atoms with Crippen molar-refractivity contribution in [3.63, 3.8) is 0 Å². The predicted molar refractivity (Wildman–Crippen MR) is 95.4 cm³/mol. The Morgan fingerprint density at radius 2 is 1.75 bits per heavy atom. The van der Waals surface area contributed by atoms with E-state index in [1.54, 1.807) is 18.2 Å². The van der Waals surface area contributed by atoms with Crippen LogP contribution >= 0.6 is 15.9 Å². The molecular weight excluding hydrogens is 368 g/mol. The fraction of sp³-hybridized carbons (Fsp3) is 0.100. The summed E-state index contributed by atoms with van der Waals surface area (Å²) >= 11 is 3.37. The second-order valence-corrected chi connectivity index (χ2v) is 6.72. The van der Waals surface area contributed by atoms with E-state index in [1.807, 2.05) is 42.5 Å². The van der Waals surface area contributed by atoms with Gasteiger partial charge in [0.05, 0.1) is 12.3 Å². The zero-order chi connectivity index (χ0) is 16.7. The number of fused-ring (bicyclic) bond motifs is 3. The topological polar surface area (TPSA) is 43.4 Å². The van der Waals surface area contributed by atoms with Crippen LogP contribution in [0.4, 0.5) is 0 Å². The Morgan fingerprint density at radius 3 is 2.54 bits per heavy atom. The average Bonchev–Trinajstić information content (AvgIpc) is 2.60. The number of ketones is 1. The summed E-state index contributed by atoms with van der Waals surface area (Å²) in [6.45, 7) is 0. The molecule has 24 heavy (non-hydrogen) atoms. The lowest BCUT2D eigenvalue weighted by atomic mass is 9.83. The average molecular weight is 381 g/mol. The van der Waals surface area contributed by atoms with E-state index in [1.165, 1.54) is 0 Å².